The first-order chi connectivity index (χ1) is 30.6. The Kier molecular flexibility index (Phi) is 11.5. The molecule has 2 aromatic heterocycles. The number of nitrogens with one attached hydrogen (secondary N) is 4. The monoisotopic (exact) mass is 848 g/mol. The zero-order valence-electron chi connectivity index (χ0n) is 35.8. The summed E-state index contributed by atoms with van der Waals surface area (Å²) in [5.74, 6) is 1.34. The fourth-order valence-electron chi connectivity index (χ4n) is 9.83. The molecule has 6 aromatic rings. The lowest BCUT2D eigenvalue weighted by Gasteiger charge is -2.36. The van der Waals surface area contributed by atoms with Gasteiger partial charge in [-0.2, -0.15) is 0 Å². The van der Waals surface area contributed by atoms with Crippen molar-refractivity contribution in [3.8, 4) is 33.6 Å². The Morgan fingerprint density at radius 3 is 2.03 bits per heavy atom. The summed E-state index contributed by atoms with van der Waals surface area (Å²) in [4.78, 5) is 72.7. The maximum Gasteiger partial charge on any atom is 0.407 e. The van der Waals surface area contributed by atoms with Crippen molar-refractivity contribution in [3.63, 3.8) is 0 Å². The first-order valence-corrected chi connectivity index (χ1v) is 21.7. The summed E-state index contributed by atoms with van der Waals surface area (Å²) in [6.45, 7) is 4.40. The Morgan fingerprint density at radius 2 is 1.32 bits per heavy atom. The van der Waals surface area contributed by atoms with Crippen molar-refractivity contribution in [2.24, 2.45) is 11.8 Å². The number of rotatable bonds is 11. The maximum absolute atomic E-state index is 14.3. The number of methoxy groups -OCH3 is 2. The molecule has 2 bridgehead atoms. The van der Waals surface area contributed by atoms with E-state index in [1.807, 2.05) is 66.4 Å². The number of benzene rings is 4. The van der Waals surface area contributed by atoms with Crippen LogP contribution in [0.2, 0.25) is 0 Å². The zero-order valence-corrected chi connectivity index (χ0v) is 35.8. The second-order valence-electron chi connectivity index (χ2n) is 17.2. The number of amides is 4. The molecular weight excluding hydrogens is 797 g/mol. The van der Waals surface area contributed by atoms with Gasteiger partial charge in [-0.1, -0.05) is 92.7 Å². The third-order valence-electron chi connectivity index (χ3n) is 13.1. The molecule has 3 fully saturated rings. The molecule has 1 saturated carbocycles. The predicted octanol–water partition coefficient (Wildman–Crippen LogP) is 8.48. The van der Waals surface area contributed by atoms with Crippen LogP contribution in [0.15, 0.2) is 103 Å². The van der Waals surface area contributed by atoms with Gasteiger partial charge in [0.15, 0.2) is 0 Å². The molecule has 0 spiro atoms. The second-order valence-corrected chi connectivity index (χ2v) is 17.2. The van der Waals surface area contributed by atoms with E-state index in [4.69, 9.17) is 19.4 Å². The second kappa shape index (κ2) is 17.4. The van der Waals surface area contributed by atoms with Crippen molar-refractivity contribution in [2.75, 3.05) is 20.8 Å². The molecule has 2 aliphatic heterocycles. The van der Waals surface area contributed by atoms with Crippen LogP contribution in [0.5, 0.6) is 0 Å². The number of carbonyl (C=O) groups excluding carboxylic acids is 4. The van der Waals surface area contributed by atoms with Gasteiger partial charge in [0.25, 0.3) is 5.91 Å². The standard InChI is InChI=1S/C49H52N8O6/c1-28(2)41(54-48(60)62-3)46(58)56-22-8-11-40(56)44-50-27-39(52-44)35-19-18-33-23-32(16-17-34(33)24-35)29-12-14-30(15-13-29)38-26-51-45(53-38)43-36-20-21-37(25-36)57(43)47(59)42(55-49(61)63-4)31-9-6-5-7-10-31/h5-7,9-10,12-19,23-24,26-28,36-37,40-43H,8,11,20-22,25H2,1-4H3,(H,50,52)(H,51,53)(H,54,60)(H,55,61)/t36-,37+,40-,41-,42+,43-/m0/s1. The van der Waals surface area contributed by atoms with Crippen molar-refractivity contribution in [3.05, 3.63) is 121 Å². The van der Waals surface area contributed by atoms with Crippen LogP contribution in [0, 0.1) is 11.8 Å². The number of likely N-dealkylation sites (tertiary alicyclic amines) is 2. The summed E-state index contributed by atoms with van der Waals surface area (Å²) < 4.78 is 9.67. The van der Waals surface area contributed by atoms with Crippen LogP contribution in [0.25, 0.3) is 44.4 Å². The fraction of sp³-hybridized carbons (Fsp3) is 0.347. The molecular formula is C49H52N8O6. The fourth-order valence-corrected chi connectivity index (χ4v) is 9.83. The van der Waals surface area contributed by atoms with E-state index >= 15 is 0 Å². The van der Waals surface area contributed by atoms with E-state index in [0.29, 0.717) is 12.1 Å². The summed E-state index contributed by atoms with van der Waals surface area (Å²) in [6.07, 6.45) is 6.85. The van der Waals surface area contributed by atoms with Gasteiger partial charge in [-0.25, -0.2) is 19.6 Å². The minimum atomic E-state index is -0.874. The number of fused-ring (bicyclic) bond motifs is 3. The molecule has 3 aliphatic rings. The van der Waals surface area contributed by atoms with Crippen LogP contribution in [-0.4, -0.2) is 86.6 Å². The van der Waals surface area contributed by atoms with Crippen LogP contribution in [-0.2, 0) is 19.1 Å². The van der Waals surface area contributed by atoms with Crippen LogP contribution >= 0.6 is 0 Å². The van der Waals surface area contributed by atoms with E-state index in [-0.39, 0.29) is 41.8 Å². The summed E-state index contributed by atoms with van der Waals surface area (Å²) in [7, 11) is 2.59. The van der Waals surface area contributed by atoms with Gasteiger partial charge in [0.05, 0.1) is 50.1 Å². The Hall–Kier alpha value is -6.96. The van der Waals surface area contributed by atoms with Crippen LogP contribution < -0.4 is 10.6 Å². The number of aromatic amines is 2. The third-order valence-corrected chi connectivity index (χ3v) is 13.1. The molecule has 14 nitrogen and oxygen atoms in total. The largest absolute Gasteiger partial charge is 0.453 e. The number of H-pyrrole nitrogens is 2. The molecule has 0 radical (unpaired) electrons. The zero-order chi connectivity index (χ0) is 43.8. The number of alkyl carbamates (subject to hydrolysis) is 2. The smallest absolute Gasteiger partial charge is 0.407 e. The minimum Gasteiger partial charge on any atom is -0.453 e. The van der Waals surface area contributed by atoms with Crippen LogP contribution in [0.4, 0.5) is 9.59 Å². The van der Waals surface area contributed by atoms with Gasteiger partial charge in [0.2, 0.25) is 5.91 Å². The number of carbonyl (C=O) groups is 4. The highest BCUT2D eigenvalue weighted by Crippen LogP contribution is 2.50. The van der Waals surface area contributed by atoms with Crippen LogP contribution in [0.1, 0.15) is 81.3 Å². The number of hydrogen-bond donors (Lipinski definition) is 4. The molecule has 4 N–H and O–H groups in total. The molecule has 1 aliphatic carbocycles. The van der Waals surface area contributed by atoms with E-state index in [1.54, 1.807) is 0 Å². The minimum absolute atomic E-state index is 0.0762. The van der Waals surface area contributed by atoms with Crippen molar-refractivity contribution in [2.45, 2.75) is 76.2 Å². The van der Waals surface area contributed by atoms with Gasteiger partial charge < -0.3 is 39.9 Å². The van der Waals surface area contributed by atoms with Gasteiger partial charge in [-0.15, -0.1) is 0 Å². The average Bonchev–Trinajstić information content (AvgIpc) is 4.18. The molecule has 4 heterocycles. The van der Waals surface area contributed by atoms with Crippen molar-refractivity contribution in [1.82, 2.24) is 40.4 Å². The summed E-state index contributed by atoms with van der Waals surface area (Å²) in [5, 5.41) is 7.67. The van der Waals surface area contributed by atoms with Crippen molar-refractivity contribution < 1.29 is 28.7 Å². The quantitative estimate of drug-likeness (QED) is 0.100. The average molecular weight is 849 g/mol. The number of aromatic nitrogens is 4. The number of hydrogen-bond acceptors (Lipinski definition) is 8. The summed E-state index contributed by atoms with van der Waals surface area (Å²) >= 11 is 0. The number of ether oxygens (including phenoxy) is 2. The lowest BCUT2D eigenvalue weighted by Crippen LogP contribution is -2.51. The van der Waals surface area contributed by atoms with E-state index in [0.717, 1.165) is 88.2 Å². The Morgan fingerprint density at radius 1 is 0.698 bits per heavy atom. The Bertz CT molecular complexity index is 2640. The van der Waals surface area contributed by atoms with Gasteiger partial charge in [-0.3, -0.25) is 9.59 Å². The Balaban J connectivity index is 0.889. The third kappa shape index (κ3) is 8.13. The van der Waals surface area contributed by atoms with Crippen LogP contribution in [0.3, 0.4) is 0 Å². The molecule has 324 valence electrons. The van der Waals surface area contributed by atoms with Crippen molar-refractivity contribution >= 4 is 34.8 Å². The van der Waals surface area contributed by atoms with E-state index in [2.05, 4.69) is 81.3 Å². The van der Waals surface area contributed by atoms with Gasteiger partial charge in [0, 0.05) is 18.2 Å². The van der Waals surface area contributed by atoms with E-state index in [9.17, 15) is 19.2 Å². The SMILES string of the molecule is COC(=O)N[C@H](C(=O)N1CCC[C@H]1c1ncc(-c2ccc3cc(-c4ccc(-c5cnc([C@@H]6[C@H]7CC[C@H](C7)N6C(=O)[C@H](NC(=O)OC)c6ccccc6)[nH]5)cc4)ccc3c2)[nH]1)C(C)C. The van der Waals surface area contributed by atoms with E-state index < -0.39 is 24.3 Å². The molecule has 4 aromatic carbocycles. The van der Waals surface area contributed by atoms with Crippen molar-refractivity contribution in [1.29, 1.82) is 0 Å². The lowest BCUT2D eigenvalue weighted by molar-refractivity contribution is -0.138. The van der Waals surface area contributed by atoms with Gasteiger partial charge in [0.1, 0.15) is 23.7 Å². The highest BCUT2D eigenvalue weighted by molar-refractivity contribution is 5.91. The number of imidazole rings is 2. The molecule has 4 amide bonds. The molecule has 6 atom stereocenters. The number of nitrogens with zero attached hydrogens (tertiary/aromatic N) is 4. The van der Waals surface area contributed by atoms with E-state index in [1.165, 1.54) is 14.2 Å². The highest BCUT2D eigenvalue weighted by atomic mass is 16.5. The normalized spacial score (nSPS) is 20.2. The van der Waals surface area contributed by atoms with Gasteiger partial charge >= 0.3 is 12.2 Å². The first kappa shape index (κ1) is 41.4. The molecule has 63 heavy (non-hydrogen) atoms. The number of piperidine rings is 1. The highest BCUT2D eigenvalue weighted by Gasteiger charge is 2.51. The lowest BCUT2D eigenvalue weighted by atomic mass is 9.96. The summed E-state index contributed by atoms with van der Waals surface area (Å²) in [5.41, 5.74) is 6.59. The first-order valence-electron chi connectivity index (χ1n) is 21.7. The molecule has 9 rings (SSSR count). The molecule has 0 unspecified atom stereocenters. The summed E-state index contributed by atoms with van der Waals surface area (Å²) in [6, 6.07) is 28.5. The topological polar surface area (TPSA) is 175 Å². The Labute approximate surface area is 365 Å². The van der Waals surface area contributed by atoms with Gasteiger partial charge in [-0.05, 0) is 89.1 Å². The predicted molar refractivity (Wildman–Crippen MR) is 238 cm³/mol. The molecule has 14 heteroatoms. The maximum atomic E-state index is 14.3. The molecule has 2 saturated heterocycles.